The van der Waals surface area contributed by atoms with Gasteiger partial charge in [-0.1, -0.05) is 24.3 Å². The van der Waals surface area contributed by atoms with Crippen LogP contribution in [0.2, 0.25) is 0 Å². The molecule has 3 N–H and O–H groups in total. The second kappa shape index (κ2) is 9.51. The Morgan fingerprint density at radius 3 is 2.69 bits per heavy atom. The van der Waals surface area contributed by atoms with Crippen molar-refractivity contribution in [3.8, 4) is 5.75 Å². The monoisotopic (exact) mass is 435 g/mol. The van der Waals surface area contributed by atoms with Crippen LogP contribution in [-0.4, -0.2) is 52.4 Å². The van der Waals surface area contributed by atoms with E-state index in [9.17, 15) is 14.4 Å². The number of nitrogens with one attached hydrogen (secondary N) is 3. The third kappa shape index (κ3) is 4.88. The van der Waals surface area contributed by atoms with Gasteiger partial charge in [-0.05, 0) is 36.2 Å². The summed E-state index contributed by atoms with van der Waals surface area (Å²) in [6.45, 7) is 0.613. The van der Waals surface area contributed by atoms with Crippen molar-refractivity contribution in [1.29, 1.82) is 0 Å². The Balaban J connectivity index is 1.22. The zero-order chi connectivity index (χ0) is 22.5. The molecule has 0 aliphatic carbocycles. The maximum Gasteiger partial charge on any atom is 0.325 e. The molecule has 1 saturated heterocycles. The number of benzene rings is 2. The minimum Gasteiger partial charge on any atom is -0.497 e. The molecule has 1 aromatic heterocycles. The Morgan fingerprint density at radius 2 is 1.94 bits per heavy atom. The van der Waals surface area contributed by atoms with E-state index in [4.69, 9.17) is 4.74 Å². The second-order valence-electron chi connectivity index (χ2n) is 7.61. The van der Waals surface area contributed by atoms with E-state index in [0.717, 1.165) is 22.4 Å². The molecule has 2 heterocycles. The number of H-pyrrole nitrogens is 1. The molecule has 1 fully saturated rings. The number of aromatic nitrogens is 2. The summed E-state index contributed by atoms with van der Waals surface area (Å²) >= 11 is 0. The lowest BCUT2D eigenvalue weighted by atomic mass is 10.1. The van der Waals surface area contributed by atoms with E-state index >= 15 is 0 Å². The largest absolute Gasteiger partial charge is 0.497 e. The number of carbonyl (C=O) groups is 3. The van der Waals surface area contributed by atoms with Crippen LogP contribution in [0.25, 0.3) is 11.0 Å². The van der Waals surface area contributed by atoms with Crippen LogP contribution in [0.1, 0.15) is 24.2 Å². The third-order valence-electron chi connectivity index (χ3n) is 5.39. The highest BCUT2D eigenvalue weighted by Gasteiger charge is 2.37. The van der Waals surface area contributed by atoms with E-state index in [1.165, 1.54) is 4.90 Å². The minimum absolute atomic E-state index is 0.146. The van der Waals surface area contributed by atoms with Crippen LogP contribution in [0.3, 0.4) is 0 Å². The lowest BCUT2D eigenvalue weighted by Gasteiger charge is -2.13. The molecule has 9 heteroatoms. The number of hydrogen-bond acceptors (Lipinski definition) is 5. The predicted octanol–water partition coefficient (Wildman–Crippen LogP) is 2.13. The number of methoxy groups -OCH3 is 1. The molecule has 3 aromatic rings. The Morgan fingerprint density at radius 1 is 1.16 bits per heavy atom. The summed E-state index contributed by atoms with van der Waals surface area (Å²) < 4.78 is 5.12. The van der Waals surface area contributed by atoms with Crippen molar-refractivity contribution < 1.29 is 19.1 Å². The number of imidazole rings is 1. The van der Waals surface area contributed by atoms with Crippen LogP contribution in [0, 0.1) is 0 Å². The van der Waals surface area contributed by atoms with Crippen molar-refractivity contribution in [2.75, 3.05) is 13.7 Å². The standard InChI is InChI=1S/C23H25N5O4/c1-32-16-8-6-15(7-9-16)14-28-22(30)19(27-23(28)31)10-11-21(29)24-13-12-20-25-17-4-2-3-5-18(17)26-20/h2-9,19H,10-14H2,1H3,(H,24,29)(H,25,26)(H,27,31)/t19-/m1/s1. The van der Waals surface area contributed by atoms with Gasteiger partial charge < -0.3 is 20.4 Å². The number of para-hydroxylation sites is 2. The number of carbonyl (C=O) groups excluding carboxylic acids is 3. The number of aromatic amines is 1. The maximum absolute atomic E-state index is 12.6. The number of hydrogen-bond donors (Lipinski definition) is 3. The lowest BCUT2D eigenvalue weighted by molar-refractivity contribution is -0.128. The van der Waals surface area contributed by atoms with E-state index in [0.29, 0.717) is 18.7 Å². The van der Waals surface area contributed by atoms with Gasteiger partial charge in [0.25, 0.3) is 5.91 Å². The number of imide groups is 1. The smallest absolute Gasteiger partial charge is 0.325 e. The van der Waals surface area contributed by atoms with Crippen LogP contribution in [-0.2, 0) is 22.6 Å². The quantitative estimate of drug-likeness (QED) is 0.445. The number of urea groups is 1. The van der Waals surface area contributed by atoms with Crippen LogP contribution in [0.15, 0.2) is 48.5 Å². The van der Waals surface area contributed by atoms with E-state index in [-0.39, 0.29) is 31.2 Å². The molecule has 0 bridgehead atoms. The van der Waals surface area contributed by atoms with Crippen LogP contribution >= 0.6 is 0 Å². The third-order valence-corrected chi connectivity index (χ3v) is 5.39. The molecule has 1 aliphatic rings. The molecule has 166 valence electrons. The summed E-state index contributed by atoms with van der Waals surface area (Å²) in [5.74, 6) is 1.02. The first kappa shape index (κ1) is 21.4. The Bertz CT molecular complexity index is 1090. The van der Waals surface area contributed by atoms with Crippen LogP contribution in [0.4, 0.5) is 4.79 Å². The summed E-state index contributed by atoms with van der Waals surface area (Å²) in [5.41, 5.74) is 2.67. The van der Waals surface area contributed by atoms with Gasteiger partial charge >= 0.3 is 6.03 Å². The van der Waals surface area contributed by atoms with Gasteiger partial charge in [-0.25, -0.2) is 9.78 Å². The van der Waals surface area contributed by atoms with E-state index in [2.05, 4.69) is 20.6 Å². The molecule has 4 amide bonds. The zero-order valence-corrected chi connectivity index (χ0v) is 17.8. The lowest BCUT2D eigenvalue weighted by Crippen LogP contribution is -2.33. The molecule has 0 unspecified atom stereocenters. The van der Waals surface area contributed by atoms with Crippen molar-refractivity contribution in [3.05, 3.63) is 59.9 Å². The van der Waals surface area contributed by atoms with Gasteiger partial charge in [0.05, 0.1) is 24.7 Å². The maximum atomic E-state index is 12.6. The van der Waals surface area contributed by atoms with E-state index < -0.39 is 12.1 Å². The zero-order valence-electron chi connectivity index (χ0n) is 17.8. The molecular formula is C23H25N5O4. The molecular weight excluding hydrogens is 410 g/mol. The first-order valence-corrected chi connectivity index (χ1v) is 10.5. The summed E-state index contributed by atoms with van der Waals surface area (Å²) in [7, 11) is 1.58. The topological polar surface area (TPSA) is 116 Å². The van der Waals surface area contributed by atoms with Crippen molar-refractivity contribution in [2.24, 2.45) is 0 Å². The van der Waals surface area contributed by atoms with Crippen molar-refractivity contribution in [3.63, 3.8) is 0 Å². The molecule has 32 heavy (non-hydrogen) atoms. The van der Waals surface area contributed by atoms with Crippen molar-refractivity contribution >= 4 is 28.9 Å². The summed E-state index contributed by atoms with van der Waals surface area (Å²) in [6, 6.07) is 13.8. The Hall–Kier alpha value is -3.88. The summed E-state index contributed by atoms with van der Waals surface area (Å²) in [4.78, 5) is 45.9. The van der Waals surface area contributed by atoms with Crippen LogP contribution in [0.5, 0.6) is 5.75 Å². The highest BCUT2D eigenvalue weighted by Crippen LogP contribution is 2.17. The SMILES string of the molecule is COc1ccc(CN2C(=O)N[C@H](CCC(=O)NCCc3nc4ccccc4[nH]3)C2=O)cc1. The Labute approximate surface area is 185 Å². The van der Waals surface area contributed by atoms with Crippen LogP contribution < -0.4 is 15.4 Å². The molecule has 0 spiro atoms. The van der Waals surface area contributed by atoms with Crippen molar-refractivity contribution in [2.45, 2.75) is 31.8 Å². The number of fused-ring (bicyclic) bond motifs is 1. The number of ether oxygens (including phenoxy) is 1. The first-order valence-electron chi connectivity index (χ1n) is 10.5. The first-order chi connectivity index (χ1) is 15.5. The van der Waals surface area contributed by atoms with Gasteiger partial charge in [0.1, 0.15) is 17.6 Å². The van der Waals surface area contributed by atoms with E-state index in [1.807, 2.05) is 36.4 Å². The average molecular weight is 435 g/mol. The second-order valence-corrected chi connectivity index (χ2v) is 7.61. The van der Waals surface area contributed by atoms with Gasteiger partial charge in [-0.15, -0.1) is 0 Å². The predicted molar refractivity (Wildman–Crippen MR) is 118 cm³/mol. The van der Waals surface area contributed by atoms with Gasteiger partial charge in [0.2, 0.25) is 5.91 Å². The highest BCUT2D eigenvalue weighted by molar-refractivity contribution is 6.04. The normalized spacial score (nSPS) is 15.8. The fourth-order valence-corrected chi connectivity index (χ4v) is 3.64. The van der Waals surface area contributed by atoms with Gasteiger partial charge in [0.15, 0.2) is 0 Å². The Kier molecular flexibility index (Phi) is 6.34. The number of rotatable bonds is 9. The molecule has 0 radical (unpaired) electrons. The van der Waals surface area contributed by atoms with Gasteiger partial charge in [-0.2, -0.15) is 0 Å². The minimum atomic E-state index is -0.693. The molecule has 0 saturated carbocycles. The van der Waals surface area contributed by atoms with Crippen molar-refractivity contribution in [1.82, 2.24) is 25.5 Å². The molecule has 2 aromatic carbocycles. The fraction of sp³-hybridized carbons (Fsp3) is 0.304. The molecule has 1 atom stereocenters. The van der Waals surface area contributed by atoms with Gasteiger partial charge in [-0.3, -0.25) is 14.5 Å². The highest BCUT2D eigenvalue weighted by atomic mass is 16.5. The molecule has 4 rings (SSSR count). The fourth-order valence-electron chi connectivity index (χ4n) is 3.64. The summed E-state index contributed by atoms with van der Waals surface area (Å²) in [6.07, 6.45) is 0.975. The molecule has 9 nitrogen and oxygen atoms in total. The molecule has 1 aliphatic heterocycles. The number of amides is 4. The van der Waals surface area contributed by atoms with Gasteiger partial charge in [0, 0.05) is 19.4 Å². The summed E-state index contributed by atoms with van der Waals surface area (Å²) in [5, 5.41) is 5.51. The van der Waals surface area contributed by atoms with E-state index in [1.54, 1.807) is 19.2 Å². The average Bonchev–Trinajstić information content (AvgIpc) is 3.33. The number of nitrogens with zero attached hydrogens (tertiary/aromatic N) is 2.